The van der Waals surface area contributed by atoms with Crippen LogP contribution in [0.2, 0.25) is 0 Å². The van der Waals surface area contributed by atoms with Crippen molar-refractivity contribution in [3.05, 3.63) is 0 Å². The first-order valence-electron chi connectivity index (χ1n) is 6.34. The van der Waals surface area contributed by atoms with Crippen molar-refractivity contribution in [2.45, 2.75) is 44.2 Å². The van der Waals surface area contributed by atoms with Crippen molar-refractivity contribution < 1.29 is 9.90 Å². The first-order chi connectivity index (χ1) is 7.66. The molecule has 2 fully saturated rings. The van der Waals surface area contributed by atoms with E-state index in [4.69, 9.17) is 0 Å². The van der Waals surface area contributed by atoms with Gasteiger partial charge in [0.2, 0.25) is 5.91 Å². The van der Waals surface area contributed by atoms with Crippen molar-refractivity contribution >= 4 is 5.91 Å². The van der Waals surface area contributed by atoms with E-state index in [1.54, 1.807) is 0 Å². The average molecular weight is 226 g/mol. The highest BCUT2D eigenvalue weighted by atomic mass is 16.3. The summed E-state index contributed by atoms with van der Waals surface area (Å²) in [6.45, 7) is 2.11. The molecule has 1 amide bonds. The molecule has 0 aromatic heterocycles. The third kappa shape index (κ3) is 2.74. The number of piperidine rings is 1. The van der Waals surface area contributed by atoms with Gasteiger partial charge in [-0.15, -0.1) is 0 Å². The standard InChI is InChI=1S/C12H22N2O2/c1-14-7-5-9(6-8-14)13-12(16)10-3-2-4-11(10)15/h9-11,15H,2-8H2,1H3,(H,13,16). The molecule has 2 N–H and O–H groups in total. The van der Waals surface area contributed by atoms with Crippen LogP contribution in [0, 0.1) is 5.92 Å². The summed E-state index contributed by atoms with van der Waals surface area (Å²) in [7, 11) is 2.11. The number of nitrogens with one attached hydrogen (secondary N) is 1. The number of hydrogen-bond acceptors (Lipinski definition) is 3. The van der Waals surface area contributed by atoms with Gasteiger partial charge in [-0.05, 0) is 52.2 Å². The van der Waals surface area contributed by atoms with Crippen molar-refractivity contribution in [1.29, 1.82) is 0 Å². The summed E-state index contributed by atoms with van der Waals surface area (Å²) in [5.74, 6) is -0.0841. The highest BCUT2D eigenvalue weighted by Crippen LogP contribution is 2.26. The molecule has 16 heavy (non-hydrogen) atoms. The van der Waals surface area contributed by atoms with Crippen LogP contribution in [-0.4, -0.2) is 48.2 Å². The molecule has 0 spiro atoms. The van der Waals surface area contributed by atoms with Gasteiger partial charge in [0.1, 0.15) is 0 Å². The smallest absolute Gasteiger partial charge is 0.225 e. The molecule has 92 valence electrons. The number of carbonyl (C=O) groups is 1. The van der Waals surface area contributed by atoms with E-state index < -0.39 is 6.10 Å². The van der Waals surface area contributed by atoms with Gasteiger partial charge < -0.3 is 15.3 Å². The van der Waals surface area contributed by atoms with Gasteiger partial charge in [-0.3, -0.25) is 4.79 Å². The van der Waals surface area contributed by atoms with Gasteiger partial charge in [-0.2, -0.15) is 0 Å². The lowest BCUT2D eigenvalue weighted by molar-refractivity contribution is -0.128. The van der Waals surface area contributed by atoms with Crippen LogP contribution in [0.15, 0.2) is 0 Å². The van der Waals surface area contributed by atoms with Crippen LogP contribution in [0.1, 0.15) is 32.1 Å². The van der Waals surface area contributed by atoms with Gasteiger partial charge in [0.25, 0.3) is 0 Å². The largest absolute Gasteiger partial charge is 0.392 e. The molecular weight excluding hydrogens is 204 g/mol. The van der Waals surface area contributed by atoms with Gasteiger partial charge >= 0.3 is 0 Å². The summed E-state index contributed by atoms with van der Waals surface area (Å²) in [6, 6.07) is 0.316. The lowest BCUT2D eigenvalue weighted by Crippen LogP contribution is -2.46. The fourth-order valence-electron chi connectivity index (χ4n) is 2.71. The molecule has 0 aromatic carbocycles. The SMILES string of the molecule is CN1CCC(NC(=O)C2CCCC2O)CC1. The van der Waals surface area contributed by atoms with Crippen molar-refractivity contribution in [2.24, 2.45) is 5.92 Å². The van der Waals surface area contributed by atoms with E-state index in [0.29, 0.717) is 6.04 Å². The average Bonchev–Trinajstić information content (AvgIpc) is 2.68. The lowest BCUT2D eigenvalue weighted by Gasteiger charge is -2.30. The highest BCUT2D eigenvalue weighted by molar-refractivity contribution is 5.79. The summed E-state index contributed by atoms with van der Waals surface area (Å²) in [6.07, 6.45) is 4.26. The minimum atomic E-state index is -0.411. The summed E-state index contributed by atoms with van der Waals surface area (Å²) < 4.78 is 0. The zero-order valence-electron chi connectivity index (χ0n) is 9.98. The highest BCUT2D eigenvalue weighted by Gasteiger charge is 2.32. The van der Waals surface area contributed by atoms with E-state index >= 15 is 0 Å². The van der Waals surface area contributed by atoms with Crippen molar-refractivity contribution in [2.75, 3.05) is 20.1 Å². The molecule has 1 heterocycles. The third-order valence-electron chi connectivity index (χ3n) is 3.88. The van der Waals surface area contributed by atoms with Gasteiger partial charge in [0, 0.05) is 6.04 Å². The van der Waals surface area contributed by atoms with E-state index in [1.807, 2.05) is 0 Å². The van der Waals surface area contributed by atoms with Crippen LogP contribution in [0.25, 0.3) is 0 Å². The minimum Gasteiger partial charge on any atom is -0.392 e. The number of carbonyl (C=O) groups excluding carboxylic acids is 1. The van der Waals surface area contributed by atoms with Crippen LogP contribution in [0.4, 0.5) is 0 Å². The Morgan fingerprint density at radius 2 is 1.94 bits per heavy atom. The molecule has 0 aromatic rings. The monoisotopic (exact) mass is 226 g/mol. The van der Waals surface area contributed by atoms with E-state index in [2.05, 4.69) is 17.3 Å². The molecule has 0 bridgehead atoms. The summed E-state index contributed by atoms with van der Waals surface area (Å²) in [4.78, 5) is 14.2. The van der Waals surface area contributed by atoms with Crippen LogP contribution >= 0.6 is 0 Å². The zero-order valence-corrected chi connectivity index (χ0v) is 9.98. The van der Waals surface area contributed by atoms with E-state index in [9.17, 15) is 9.90 Å². The predicted octanol–water partition coefficient (Wildman–Crippen LogP) is 0.358. The summed E-state index contributed by atoms with van der Waals surface area (Å²) in [5.41, 5.74) is 0. The Bertz CT molecular complexity index is 249. The van der Waals surface area contributed by atoms with Crippen molar-refractivity contribution in [3.8, 4) is 0 Å². The molecule has 0 radical (unpaired) electrons. The van der Waals surface area contributed by atoms with Gasteiger partial charge in [0.15, 0.2) is 0 Å². The maximum atomic E-state index is 11.9. The Labute approximate surface area is 97.0 Å². The molecular formula is C12H22N2O2. The lowest BCUT2D eigenvalue weighted by atomic mass is 10.0. The maximum Gasteiger partial charge on any atom is 0.225 e. The first-order valence-corrected chi connectivity index (χ1v) is 6.34. The molecule has 2 atom stereocenters. The van der Waals surface area contributed by atoms with Gasteiger partial charge in [-0.25, -0.2) is 0 Å². The normalized spacial score (nSPS) is 32.9. The Morgan fingerprint density at radius 3 is 2.50 bits per heavy atom. The second kappa shape index (κ2) is 5.15. The number of amides is 1. The molecule has 2 aliphatic rings. The Hall–Kier alpha value is -0.610. The topological polar surface area (TPSA) is 52.6 Å². The third-order valence-corrected chi connectivity index (χ3v) is 3.88. The Kier molecular flexibility index (Phi) is 3.82. The number of aliphatic hydroxyl groups excluding tert-OH is 1. The number of rotatable bonds is 2. The molecule has 1 saturated heterocycles. The fourth-order valence-corrected chi connectivity index (χ4v) is 2.71. The van der Waals surface area contributed by atoms with Gasteiger partial charge in [0.05, 0.1) is 12.0 Å². The second-order valence-electron chi connectivity index (χ2n) is 5.19. The molecule has 4 nitrogen and oxygen atoms in total. The van der Waals surface area contributed by atoms with E-state index in [-0.39, 0.29) is 11.8 Å². The van der Waals surface area contributed by atoms with Crippen LogP contribution in [0.5, 0.6) is 0 Å². The molecule has 2 rings (SSSR count). The number of nitrogens with zero attached hydrogens (tertiary/aromatic N) is 1. The molecule has 1 saturated carbocycles. The minimum absolute atomic E-state index is 0.0690. The van der Waals surface area contributed by atoms with Crippen LogP contribution < -0.4 is 5.32 Å². The molecule has 1 aliphatic heterocycles. The first kappa shape index (κ1) is 11.9. The van der Waals surface area contributed by atoms with E-state index in [0.717, 1.165) is 45.2 Å². The molecule has 2 unspecified atom stereocenters. The Morgan fingerprint density at radius 1 is 1.25 bits per heavy atom. The van der Waals surface area contributed by atoms with E-state index in [1.165, 1.54) is 0 Å². The number of hydrogen-bond donors (Lipinski definition) is 2. The van der Waals surface area contributed by atoms with Gasteiger partial charge in [-0.1, -0.05) is 0 Å². The number of aliphatic hydroxyl groups is 1. The fraction of sp³-hybridized carbons (Fsp3) is 0.917. The second-order valence-corrected chi connectivity index (χ2v) is 5.19. The summed E-state index contributed by atoms with van der Waals surface area (Å²) >= 11 is 0. The molecule has 1 aliphatic carbocycles. The van der Waals surface area contributed by atoms with Crippen LogP contribution in [-0.2, 0) is 4.79 Å². The summed E-state index contributed by atoms with van der Waals surface area (Å²) in [5, 5.41) is 12.7. The zero-order chi connectivity index (χ0) is 11.5. The van der Waals surface area contributed by atoms with Crippen LogP contribution in [0.3, 0.4) is 0 Å². The quantitative estimate of drug-likeness (QED) is 0.715. The Balaban J connectivity index is 1.78. The predicted molar refractivity (Wildman–Crippen MR) is 62.0 cm³/mol. The molecule has 4 heteroatoms. The van der Waals surface area contributed by atoms with Crippen molar-refractivity contribution in [1.82, 2.24) is 10.2 Å². The van der Waals surface area contributed by atoms with Crippen molar-refractivity contribution in [3.63, 3.8) is 0 Å². The number of likely N-dealkylation sites (tertiary alicyclic amines) is 1. The maximum absolute atomic E-state index is 11.9.